The van der Waals surface area contributed by atoms with Crippen molar-refractivity contribution in [2.24, 2.45) is 0 Å². The number of nitrogens with zero attached hydrogens (tertiary/aromatic N) is 1. The summed E-state index contributed by atoms with van der Waals surface area (Å²) < 4.78 is 5.57. The molecule has 126 valence electrons. The number of rotatable bonds is 6. The number of amides is 1. The average Bonchev–Trinajstić information content (AvgIpc) is 2.68. The molecule has 4 nitrogen and oxygen atoms in total. The second-order valence-corrected chi connectivity index (χ2v) is 5.75. The van der Waals surface area contributed by atoms with Gasteiger partial charge >= 0.3 is 0 Å². The van der Waals surface area contributed by atoms with E-state index in [0.29, 0.717) is 5.75 Å². The van der Waals surface area contributed by atoms with Crippen molar-refractivity contribution in [3.05, 3.63) is 84.7 Å². The zero-order valence-electron chi connectivity index (χ0n) is 14.1. The van der Waals surface area contributed by atoms with Gasteiger partial charge in [-0.3, -0.25) is 9.78 Å². The molecule has 4 heteroatoms. The topological polar surface area (TPSA) is 51.2 Å². The summed E-state index contributed by atoms with van der Waals surface area (Å²) in [6.07, 6.45) is 3.42. The Morgan fingerprint density at radius 2 is 1.60 bits per heavy atom. The molecule has 1 unspecified atom stereocenters. The molecular formula is C21H20N2O2. The van der Waals surface area contributed by atoms with Gasteiger partial charge in [-0.05, 0) is 47.9 Å². The van der Waals surface area contributed by atoms with E-state index in [9.17, 15) is 4.79 Å². The second kappa shape index (κ2) is 8.11. The van der Waals surface area contributed by atoms with E-state index in [2.05, 4.69) is 22.4 Å². The molecule has 1 atom stereocenters. The number of hydrogen-bond acceptors (Lipinski definition) is 3. The van der Waals surface area contributed by atoms with Gasteiger partial charge < -0.3 is 10.1 Å². The quantitative estimate of drug-likeness (QED) is 0.742. The standard InChI is InChI=1S/C21H20N2O2/c1-16(17-11-13-22-14-12-17)23-21(24)15-25-20-9-7-19(8-10-20)18-5-3-2-4-6-18/h2-14,16H,15H2,1H3,(H,23,24). The molecule has 0 aliphatic carbocycles. The molecule has 0 aliphatic rings. The smallest absolute Gasteiger partial charge is 0.258 e. The molecule has 1 heterocycles. The minimum Gasteiger partial charge on any atom is -0.484 e. The maximum atomic E-state index is 12.0. The fourth-order valence-electron chi connectivity index (χ4n) is 2.54. The van der Waals surface area contributed by atoms with Crippen LogP contribution in [0.15, 0.2) is 79.1 Å². The summed E-state index contributed by atoms with van der Waals surface area (Å²) in [5.41, 5.74) is 3.28. The zero-order chi connectivity index (χ0) is 17.5. The molecule has 0 fully saturated rings. The maximum Gasteiger partial charge on any atom is 0.258 e. The molecule has 1 amide bonds. The highest BCUT2D eigenvalue weighted by Crippen LogP contribution is 2.22. The molecule has 0 radical (unpaired) electrons. The minimum absolute atomic E-state index is 0.0138. The van der Waals surface area contributed by atoms with Crippen LogP contribution in [0.5, 0.6) is 5.75 Å². The third-order valence-corrected chi connectivity index (χ3v) is 3.91. The first kappa shape index (κ1) is 16.7. The lowest BCUT2D eigenvalue weighted by Crippen LogP contribution is -2.31. The molecule has 3 rings (SSSR count). The predicted molar refractivity (Wildman–Crippen MR) is 98.2 cm³/mol. The lowest BCUT2D eigenvalue weighted by Gasteiger charge is -2.14. The number of ether oxygens (including phenoxy) is 1. The lowest BCUT2D eigenvalue weighted by molar-refractivity contribution is -0.123. The van der Waals surface area contributed by atoms with Gasteiger partial charge in [-0.15, -0.1) is 0 Å². The van der Waals surface area contributed by atoms with E-state index in [0.717, 1.165) is 16.7 Å². The van der Waals surface area contributed by atoms with Crippen LogP contribution >= 0.6 is 0 Å². The number of pyridine rings is 1. The minimum atomic E-state index is -0.156. The number of carbonyl (C=O) groups is 1. The number of nitrogens with one attached hydrogen (secondary N) is 1. The molecule has 0 bridgehead atoms. The van der Waals surface area contributed by atoms with Crippen LogP contribution in [0.4, 0.5) is 0 Å². The Kier molecular flexibility index (Phi) is 5.42. The predicted octanol–water partition coefficient (Wildman–Crippen LogP) is 4.00. The summed E-state index contributed by atoms with van der Waals surface area (Å²) >= 11 is 0. The van der Waals surface area contributed by atoms with Crippen LogP contribution in [0.25, 0.3) is 11.1 Å². The number of carbonyl (C=O) groups excluding carboxylic acids is 1. The number of hydrogen-bond donors (Lipinski definition) is 1. The number of aromatic nitrogens is 1. The molecule has 1 N–H and O–H groups in total. The van der Waals surface area contributed by atoms with Gasteiger partial charge in [0.25, 0.3) is 5.91 Å². The van der Waals surface area contributed by atoms with E-state index in [-0.39, 0.29) is 18.6 Å². The van der Waals surface area contributed by atoms with Crippen LogP contribution < -0.4 is 10.1 Å². The van der Waals surface area contributed by atoms with E-state index >= 15 is 0 Å². The Bertz CT molecular complexity index is 802. The highest BCUT2D eigenvalue weighted by molar-refractivity contribution is 5.78. The van der Waals surface area contributed by atoms with Crippen molar-refractivity contribution in [2.75, 3.05) is 6.61 Å². The Labute approximate surface area is 147 Å². The van der Waals surface area contributed by atoms with E-state index in [1.165, 1.54) is 0 Å². The SMILES string of the molecule is CC(NC(=O)COc1ccc(-c2ccccc2)cc1)c1ccncc1. The van der Waals surface area contributed by atoms with Gasteiger partial charge in [0.15, 0.2) is 6.61 Å². The fourth-order valence-corrected chi connectivity index (χ4v) is 2.54. The highest BCUT2D eigenvalue weighted by atomic mass is 16.5. The summed E-state index contributed by atoms with van der Waals surface area (Å²) in [7, 11) is 0. The van der Waals surface area contributed by atoms with Crippen LogP contribution in [0.1, 0.15) is 18.5 Å². The van der Waals surface area contributed by atoms with E-state index in [1.54, 1.807) is 12.4 Å². The summed E-state index contributed by atoms with van der Waals surface area (Å²) in [5.74, 6) is 0.517. The van der Waals surface area contributed by atoms with Gasteiger partial charge in [-0.1, -0.05) is 42.5 Å². The van der Waals surface area contributed by atoms with Crippen molar-refractivity contribution in [1.82, 2.24) is 10.3 Å². The van der Waals surface area contributed by atoms with Crippen LogP contribution in [0, 0.1) is 0 Å². The summed E-state index contributed by atoms with van der Waals surface area (Å²) in [6, 6.07) is 21.5. The van der Waals surface area contributed by atoms with Gasteiger partial charge in [-0.2, -0.15) is 0 Å². The maximum absolute atomic E-state index is 12.0. The van der Waals surface area contributed by atoms with Crippen LogP contribution in [-0.2, 0) is 4.79 Å². The highest BCUT2D eigenvalue weighted by Gasteiger charge is 2.10. The summed E-state index contributed by atoms with van der Waals surface area (Å²) in [5, 5.41) is 2.91. The largest absolute Gasteiger partial charge is 0.484 e. The van der Waals surface area contributed by atoms with Crippen molar-refractivity contribution in [3.8, 4) is 16.9 Å². The lowest BCUT2D eigenvalue weighted by atomic mass is 10.1. The van der Waals surface area contributed by atoms with Gasteiger partial charge in [0, 0.05) is 12.4 Å². The Balaban J connectivity index is 1.52. The molecule has 1 aromatic heterocycles. The monoisotopic (exact) mass is 332 g/mol. The van der Waals surface area contributed by atoms with Crippen molar-refractivity contribution < 1.29 is 9.53 Å². The normalized spacial score (nSPS) is 11.6. The third kappa shape index (κ3) is 4.67. The molecule has 2 aromatic carbocycles. The molecule has 3 aromatic rings. The Hall–Kier alpha value is -3.14. The second-order valence-electron chi connectivity index (χ2n) is 5.75. The van der Waals surface area contributed by atoms with Crippen molar-refractivity contribution in [1.29, 1.82) is 0 Å². The summed E-state index contributed by atoms with van der Waals surface area (Å²) in [4.78, 5) is 16.0. The number of benzene rings is 2. The average molecular weight is 332 g/mol. The van der Waals surface area contributed by atoms with Crippen molar-refractivity contribution >= 4 is 5.91 Å². The van der Waals surface area contributed by atoms with Crippen molar-refractivity contribution in [3.63, 3.8) is 0 Å². The molecule has 0 spiro atoms. The van der Waals surface area contributed by atoms with Crippen LogP contribution in [0.2, 0.25) is 0 Å². The van der Waals surface area contributed by atoms with Crippen LogP contribution in [-0.4, -0.2) is 17.5 Å². The fraction of sp³-hybridized carbons (Fsp3) is 0.143. The molecule has 0 aliphatic heterocycles. The van der Waals surface area contributed by atoms with E-state index in [1.807, 2.05) is 61.5 Å². The molecule has 0 saturated heterocycles. The van der Waals surface area contributed by atoms with E-state index in [4.69, 9.17) is 4.74 Å². The zero-order valence-corrected chi connectivity index (χ0v) is 14.1. The molecule has 0 saturated carbocycles. The molecule has 25 heavy (non-hydrogen) atoms. The van der Waals surface area contributed by atoms with Gasteiger partial charge in [-0.25, -0.2) is 0 Å². The Morgan fingerprint density at radius 3 is 2.28 bits per heavy atom. The first-order valence-electron chi connectivity index (χ1n) is 8.20. The summed E-state index contributed by atoms with van der Waals surface area (Å²) in [6.45, 7) is 1.92. The van der Waals surface area contributed by atoms with E-state index < -0.39 is 0 Å². The van der Waals surface area contributed by atoms with Gasteiger partial charge in [0.2, 0.25) is 0 Å². The van der Waals surface area contributed by atoms with Crippen molar-refractivity contribution in [2.45, 2.75) is 13.0 Å². The molecular weight excluding hydrogens is 312 g/mol. The van der Waals surface area contributed by atoms with Gasteiger partial charge in [0.1, 0.15) is 5.75 Å². The van der Waals surface area contributed by atoms with Crippen LogP contribution in [0.3, 0.4) is 0 Å². The first-order chi connectivity index (χ1) is 12.2. The van der Waals surface area contributed by atoms with Gasteiger partial charge in [0.05, 0.1) is 6.04 Å². The first-order valence-corrected chi connectivity index (χ1v) is 8.20. The Morgan fingerprint density at radius 1 is 0.960 bits per heavy atom. The third-order valence-electron chi connectivity index (χ3n) is 3.91.